The van der Waals surface area contributed by atoms with Crippen molar-refractivity contribution in [1.29, 1.82) is 0 Å². The quantitative estimate of drug-likeness (QED) is 0.613. The van der Waals surface area contributed by atoms with Gasteiger partial charge in [-0.15, -0.1) is 6.58 Å². The number of hydrogen-bond acceptors (Lipinski definition) is 1. The second-order valence-electron chi connectivity index (χ2n) is 4.88. The third-order valence-corrected chi connectivity index (χ3v) is 3.14. The molecule has 126 valence electrons. The molecule has 0 unspecified atom stereocenters. The first-order valence-electron chi connectivity index (χ1n) is 6.93. The van der Waals surface area contributed by atoms with Gasteiger partial charge in [-0.2, -0.15) is 13.2 Å². The van der Waals surface area contributed by atoms with Crippen LogP contribution in [0.4, 0.5) is 33.7 Å². The summed E-state index contributed by atoms with van der Waals surface area (Å²) in [5, 5.41) is 2.50. The monoisotopic (exact) mass is 338 g/mol. The molecular formula is C17H14F4N2O. The average molecular weight is 338 g/mol. The van der Waals surface area contributed by atoms with Gasteiger partial charge in [-0.1, -0.05) is 12.1 Å². The number of anilines is 2. The van der Waals surface area contributed by atoms with E-state index in [2.05, 4.69) is 11.9 Å². The number of hydrogen-bond donors (Lipinski definition) is 1. The number of carbonyl (C=O) groups excluding carboxylic acids is 1. The van der Waals surface area contributed by atoms with Gasteiger partial charge in [0.05, 0.1) is 5.56 Å². The van der Waals surface area contributed by atoms with Crippen molar-refractivity contribution in [2.24, 2.45) is 0 Å². The van der Waals surface area contributed by atoms with E-state index in [1.807, 2.05) is 0 Å². The second kappa shape index (κ2) is 7.16. The number of urea groups is 1. The van der Waals surface area contributed by atoms with Gasteiger partial charge in [-0.25, -0.2) is 9.18 Å². The van der Waals surface area contributed by atoms with Crippen molar-refractivity contribution >= 4 is 17.4 Å². The number of rotatable bonds is 4. The SMILES string of the molecule is C=CCN(C(=O)Nc1ccc(F)cc1)c1cccc(C(F)(F)F)c1. The van der Waals surface area contributed by atoms with Crippen LogP contribution in [-0.4, -0.2) is 12.6 Å². The third-order valence-electron chi connectivity index (χ3n) is 3.14. The Hall–Kier alpha value is -2.83. The smallest absolute Gasteiger partial charge is 0.308 e. The van der Waals surface area contributed by atoms with E-state index in [0.717, 1.165) is 29.2 Å². The summed E-state index contributed by atoms with van der Waals surface area (Å²) in [5.41, 5.74) is -0.463. The molecule has 24 heavy (non-hydrogen) atoms. The predicted molar refractivity (Wildman–Crippen MR) is 84.4 cm³/mol. The highest BCUT2D eigenvalue weighted by Crippen LogP contribution is 2.31. The highest BCUT2D eigenvalue weighted by Gasteiger charge is 2.31. The summed E-state index contributed by atoms with van der Waals surface area (Å²) in [7, 11) is 0. The van der Waals surface area contributed by atoms with Crippen LogP contribution in [0.5, 0.6) is 0 Å². The van der Waals surface area contributed by atoms with Crippen LogP contribution in [-0.2, 0) is 6.18 Å². The first-order chi connectivity index (χ1) is 11.3. The maximum atomic E-state index is 12.9. The van der Waals surface area contributed by atoms with E-state index in [1.165, 1.54) is 30.3 Å². The van der Waals surface area contributed by atoms with E-state index in [0.29, 0.717) is 5.69 Å². The molecular weight excluding hydrogens is 324 g/mol. The van der Waals surface area contributed by atoms with Gasteiger partial charge in [-0.3, -0.25) is 4.90 Å². The molecule has 1 N–H and O–H groups in total. The van der Waals surface area contributed by atoms with Crippen molar-refractivity contribution in [2.75, 3.05) is 16.8 Å². The summed E-state index contributed by atoms with van der Waals surface area (Å²) in [6, 6.07) is 8.80. The lowest BCUT2D eigenvalue weighted by Crippen LogP contribution is -2.35. The van der Waals surface area contributed by atoms with Crippen LogP contribution in [0.1, 0.15) is 5.56 Å². The standard InChI is InChI=1S/C17H14F4N2O/c1-2-10-23(15-5-3-4-12(11-15)17(19,20)21)16(24)22-14-8-6-13(18)7-9-14/h2-9,11H,1,10H2,(H,22,24). The maximum absolute atomic E-state index is 12.9. The Bertz CT molecular complexity index is 726. The van der Waals surface area contributed by atoms with Gasteiger partial charge in [0.25, 0.3) is 0 Å². The summed E-state index contributed by atoms with van der Waals surface area (Å²) >= 11 is 0. The van der Waals surface area contributed by atoms with E-state index < -0.39 is 23.6 Å². The van der Waals surface area contributed by atoms with Gasteiger partial charge in [0.2, 0.25) is 0 Å². The Balaban J connectivity index is 2.26. The number of alkyl halides is 3. The summed E-state index contributed by atoms with van der Waals surface area (Å²) in [5.74, 6) is -0.464. The van der Waals surface area contributed by atoms with Crippen LogP contribution < -0.4 is 10.2 Å². The fourth-order valence-corrected chi connectivity index (χ4v) is 2.01. The lowest BCUT2D eigenvalue weighted by atomic mass is 10.2. The van der Waals surface area contributed by atoms with E-state index in [9.17, 15) is 22.4 Å². The number of carbonyl (C=O) groups is 1. The minimum atomic E-state index is -4.51. The number of amides is 2. The van der Waals surface area contributed by atoms with E-state index in [4.69, 9.17) is 0 Å². The Morgan fingerprint density at radius 3 is 2.42 bits per heavy atom. The zero-order chi connectivity index (χ0) is 17.7. The number of halogens is 4. The zero-order valence-corrected chi connectivity index (χ0v) is 12.5. The van der Waals surface area contributed by atoms with Gasteiger partial charge in [0, 0.05) is 17.9 Å². The highest BCUT2D eigenvalue weighted by atomic mass is 19.4. The molecule has 0 aromatic heterocycles. The summed E-state index contributed by atoms with van der Waals surface area (Å²) in [4.78, 5) is 13.4. The number of nitrogens with one attached hydrogen (secondary N) is 1. The van der Waals surface area contributed by atoms with Gasteiger partial charge in [0.1, 0.15) is 5.82 Å². The molecule has 7 heteroatoms. The van der Waals surface area contributed by atoms with E-state index in [-0.39, 0.29) is 12.2 Å². The minimum absolute atomic E-state index is 0.00827. The van der Waals surface area contributed by atoms with Crippen molar-refractivity contribution in [2.45, 2.75) is 6.18 Å². The molecule has 0 heterocycles. The first kappa shape index (κ1) is 17.5. The average Bonchev–Trinajstić information content (AvgIpc) is 2.54. The molecule has 2 rings (SSSR count). The number of benzene rings is 2. The van der Waals surface area contributed by atoms with Gasteiger partial charge in [-0.05, 0) is 42.5 Å². The lowest BCUT2D eigenvalue weighted by molar-refractivity contribution is -0.137. The molecule has 0 saturated carbocycles. The molecule has 0 atom stereocenters. The Morgan fingerprint density at radius 2 is 1.83 bits per heavy atom. The molecule has 0 saturated heterocycles. The zero-order valence-electron chi connectivity index (χ0n) is 12.5. The van der Waals surface area contributed by atoms with Gasteiger partial charge < -0.3 is 5.32 Å². The maximum Gasteiger partial charge on any atom is 0.416 e. The predicted octanol–water partition coefficient (Wildman–Crippen LogP) is 5.07. The fraction of sp³-hybridized carbons (Fsp3) is 0.118. The summed E-state index contributed by atoms with van der Waals surface area (Å²) in [6.07, 6.45) is -3.12. The molecule has 0 aliphatic heterocycles. The van der Waals surface area contributed by atoms with E-state index in [1.54, 1.807) is 0 Å². The first-order valence-corrected chi connectivity index (χ1v) is 6.93. The number of nitrogens with zero attached hydrogens (tertiary/aromatic N) is 1. The van der Waals surface area contributed by atoms with Crippen LogP contribution in [0.15, 0.2) is 61.2 Å². The lowest BCUT2D eigenvalue weighted by Gasteiger charge is -2.22. The van der Waals surface area contributed by atoms with Gasteiger partial charge in [0.15, 0.2) is 0 Å². The Kier molecular flexibility index (Phi) is 5.23. The third kappa shape index (κ3) is 4.34. The molecule has 3 nitrogen and oxygen atoms in total. The highest BCUT2D eigenvalue weighted by molar-refractivity contribution is 6.01. The summed E-state index contributed by atoms with van der Waals surface area (Å²) in [6.45, 7) is 3.51. The fourth-order valence-electron chi connectivity index (χ4n) is 2.01. The van der Waals surface area contributed by atoms with Crippen LogP contribution in [0, 0.1) is 5.82 Å². The van der Waals surface area contributed by atoms with Crippen LogP contribution in [0.2, 0.25) is 0 Å². The topological polar surface area (TPSA) is 32.3 Å². The molecule has 0 spiro atoms. The Morgan fingerprint density at radius 1 is 1.17 bits per heavy atom. The second-order valence-corrected chi connectivity index (χ2v) is 4.88. The van der Waals surface area contributed by atoms with Gasteiger partial charge >= 0.3 is 12.2 Å². The summed E-state index contributed by atoms with van der Waals surface area (Å²) < 4.78 is 51.4. The molecule has 0 fully saturated rings. The molecule has 0 radical (unpaired) electrons. The van der Waals surface area contributed by atoms with Crippen LogP contribution >= 0.6 is 0 Å². The van der Waals surface area contributed by atoms with Crippen molar-refractivity contribution in [3.05, 3.63) is 72.6 Å². The van der Waals surface area contributed by atoms with E-state index >= 15 is 0 Å². The molecule has 0 bridgehead atoms. The molecule has 0 aliphatic carbocycles. The largest absolute Gasteiger partial charge is 0.416 e. The minimum Gasteiger partial charge on any atom is -0.308 e. The van der Waals surface area contributed by atoms with Crippen molar-refractivity contribution in [1.82, 2.24) is 0 Å². The van der Waals surface area contributed by atoms with Crippen molar-refractivity contribution < 1.29 is 22.4 Å². The molecule has 0 aliphatic rings. The molecule has 2 aromatic carbocycles. The molecule has 2 amide bonds. The van der Waals surface area contributed by atoms with Crippen LogP contribution in [0.25, 0.3) is 0 Å². The Labute approximate surface area is 136 Å². The van der Waals surface area contributed by atoms with Crippen molar-refractivity contribution in [3.63, 3.8) is 0 Å². The van der Waals surface area contributed by atoms with Crippen LogP contribution in [0.3, 0.4) is 0 Å². The molecule has 2 aromatic rings. The normalized spacial score (nSPS) is 11.0. The van der Waals surface area contributed by atoms with Crippen molar-refractivity contribution in [3.8, 4) is 0 Å².